The van der Waals surface area contributed by atoms with E-state index in [1.54, 1.807) is 38.3 Å². The summed E-state index contributed by atoms with van der Waals surface area (Å²) in [6.45, 7) is 1.22. The van der Waals surface area contributed by atoms with Crippen LogP contribution in [0.1, 0.15) is 25.7 Å². The number of hydrogen-bond acceptors (Lipinski definition) is 9. The Labute approximate surface area is 194 Å². The van der Waals surface area contributed by atoms with Crippen LogP contribution in [0.15, 0.2) is 42.5 Å². The molecule has 0 spiro atoms. The van der Waals surface area contributed by atoms with Crippen LogP contribution >= 0.6 is 11.3 Å². The van der Waals surface area contributed by atoms with Crippen LogP contribution in [0.5, 0.6) is 11.5 Å². The van der Waals surface area contributed by atoms with E-state index < -0.39 is 24.5 Å². The first-order valence-electron chi connectivity index (χ1n) is 9.71. The molecule has 3 rings (SSSR count). The molecule has 9 nitrogen and oxygen atoms in total. The highest BCUT2D eigenvalue weighted by Gasteiger charge is 2.19. The van der Waals surface area contributed by atoms with Gasteiger partial charge in [-0.05, 0) is 49.4 Å². The molecule has 3 aromatic rings. The number of thiazole rings is 1. The van der Waals surface area contributed by atoms with Gasteiger partial charge >= 0.3 is 11.9 Å². The number of ether oxygens (including phenoxy) is 4. The molecular formula is C23H22N2O7S. The molecular weight excluding hydrogens is 448 g/mol. The third-order valence-electron chi connectivity index (χ3n) is 4.54. The molecule has 1 amide bonds. The van der Waals surface area contributed by atoms with E-state index in [0.29, 0.717) is 38.3 Å². The van der Waals surface area contributed by atoms with E-state index in [4.69, 9.17) is 14.2 Å². The van der Waals surface area contributed by atoms with E-state index in [9.17, 15) is 14.4 Å². The quantitative estimate of drug-likeness (QED) is 0.496. The molecule has 0 radical (unpaired) electrons. The minimum Gasteiger partial charge on any atom is -0.493 e. The lowest BCUT2D eigenvalue weighted by Gasteiger charge is -2.08. The Bertz CT molecular complexity index is 1170. The number of benzene rings is 2. The average molecular weight is 471 g/mol. The number of aryl methyl sites for hydroxylation is 1. The summed E-state index contributed by atoms with van der Waals surface area (Å²) in [5.74, 6) is -0.512. The normalized spacial score (nSPS) is 10.3. The van der Waals surface area contributed by atoms with Gasteiger partial charge in [0.2, 0.25) is 0 Å². The summed E-state index contributed by atoms with van der Waals surface area (Å²) in [4.78, 5) is 40.9. The predicted molar refractivity (Wildman–Crippen MR) is 122 cm³/mol. The highest BCUT2D eigenvalue weighted by Crippen LogP contribution is 2.35. The average Bonchev–Trinajstić information content (AvgIpc) is 3.23. The number of anilines is 1. The van der Waals surface area contributed by atoms with Crippen molar-refractivity contribution < 1.29 is 33.3 Å². The number of hydrogen-bond donors (Lipinski definition) is 1. The molecule has 1 heterocycles. The minimum atomic E-state index is -0.645. The molecule has 2 aromatic carbocycles. The molecule has 10 heteroatoms. The van der Waals surface area contributed by atoms with Crippen LogP contribution in [0.2, 0.25) is 0 Å². The van der Waals surface area contributed by atoms with Gasteiger partial charge < -0.3 is 24.3 Å². The molecule has 0 aliphatic heterocycles. The summed E-state index contributed by atoms with van der Waals surface area (Å²) in [5, 5.41) is 3.20. The van der Waals surface area contributed by atoms with E-state index in [-0.39, 0.29) is 0 Å². The maximum atomic E-state index is 12.5. The monoisotopic (exact) mass is 470 g/mol. The van der Waals surface area contributed by atoms with E-state index in [1.807, 2.05) is 6.07 Å². The van der Waals surface area contributed by atoms with E-state index in [2.05, 4.69) is 15.0 Å². The summed E-state index contributed by atoms with van der Waals surface area (Å²) in [5.41, 5.74) is 2.06. The number of carbonyl (C=O) groups excluding carboxylic acids is 3. The Balaban J connectivity index is 1.62. The van der Waals surface area contributed by atoms with Crippen LogP contribution in [0.25, 0.3) is 10.6 Å². The van der Waals surface area contributed by atoms with Gasteiger partial charge in [-0.3, -0.25) is 4.79 Å². The first kappa shape index (κ1) is 23.7. The molecule has 172 valence electrons. The zero-order valence-corrected chi connectivity index (χ0v) is 19.3. The molecule has 0 aliphatic carbocycles. The predicted octanol–water partition coefficient (Wildman–Crippen LogP) is 3.72. The number of carbonyl (C=O) groups is 3. The Morgan fingerprint density at radius 1 is 0.939 bits per heavy atom. The summed E-state index contributed by atoms with van der Waals surface area (Å²) < 4.78 is 20.3. The van der Waals surface area contributed by atoms with Crippen LogP contribution in [0.4, 0.5) is 5.69 Å². The molecule has 0 bridgehead atoms. The van der Waals surface area contributed by atoms with Crippen LogP contribution in [0, 0.1) is 6.92 Å². The van der Waals surface area contributed by atoms with Gasteiger partial charge in [-0.2, -0.15) is 0 Å². The largest absolute Gasteiger partial charge is 0.493 e. The molecule has 0 fully saturated rings. The van der Waals surface area contributed by atoms with Crippen molar-refractivity contribution in [3.8, 4) is 22.1 Å². The molecule has 0 aliphatic rings. The SMILES string of the molecule is COC(=O)c1ccc(NC(=O)COC(=O)c2sc(-c3ccc(OC)c(OC)c3)nc2C)cc1. The first-order chi connectivity index (χ1) is 15.9. The Morgan fingerprint density at radius 3 is 2.27 bits per heavy atom. The number of nitrogens with one attached hydrogen (secondary N) is 1. The van der Waals surface area contributed by atoms with E-state index >= 15 is 0 Å². The van der Waals surface area contributed by atoms with E-state index in [0.717, 1.165) is 16.9 Å². The van der Waals surface area contributed by atoms with Crippen LogP contribution in [0.3, 0.4) is 0 Å². The second-order valence-electron chi connectivity index (χ2n) is 6.70. The van der Waals surface area contributed by atoms with Gasteiger partial charge in [0, 0.05) is 11.3 Å². The van der Waals surface area contributed by atoms with Crippen molar-refractivity contribution in [2.75, 3.05) is 33.3 Å². The first-order valence-corrected chi connectivity index (χ1v) is 10.5. The Kier molecular flexibility index (Phi) is 7.62. The van der Waals surface area contributed by atoms with Crippen molar-refractivity contribution in [3.63, 3.8) is 0 Å². The van der Waals surface area contributed by atoms with Gasteiger partial charge in [0.05, 0.1) is 32.6 Å². The molecule has 0 saturated heterocycles. The molecule has 0 atom stereocenters. The smallest absolute Gasteiger partial charge is 0.350 e. The number of amides is 1. The number of nitrogens with zero attached hydrogens (tertiary/aromatic N) is 1. The Hall–Kier alpha value is -3.92. The van der Waals surface area contributed by atoms with Gasteiger partial charge in [0.15, 0.2) is 18.1 Å². The van der Waals surface area contributed by atoms with Crippen LogP contribution < -0.4 is 14.8 Å². The minimum absolute atomic E-state index is 0.301. The highest BCUT2D eigenvalue weighted by atomic mass is 32.1. The van der Waals surface area contributed by atoms with Gasteiger partial charge in [-0.15, -0.1) is 11.3 Å². The summed E-state index contributed by atoms with van der Waals surface area (Å²) >= 11 is 1.16. The van der Waals surface area contributed by atoms with Crippen molar-refractivity contribution in [2.24, 2.45) is 0 Å². The van der Waals surface area contributed by atoms with Gasteiger partial charge in [0.1, 0.15) is 9.88 Å². The Morgan fingerprint density at radius 2 is 1.64 bits per heavy atom. The fourth-order valence-electron chi connectivity index (χ4n) is 2.88. The molecule has 0 saturated carbocycles. The third kappa shape index (κ3) is 5.66. The van der Waals surface area contributed by atoms with Crippen molar-refractivity contribution in [1.29, 1.82) is 0 Å². The fraction of sp³-hybridized carbons (Fsp3) is 0.217. The molecule has 1 aromatic heterocycles. The maximum Gasteiger partial charge on any atom is 0.350 e. The maximum absolute atomic E-state index is 12.5. The summed E-state index contributed by atoms with van der Waals surface area (Å²) in [7, 11) is 4.37. The van der Waals surface area contributed by atoms with Gasteiger partial charge in [-0.1, -0.05) is 0 Å². The molecule has 1 N–H and O–H groups in total. The fourth-order valence-corrected chi connectivity index (χ4v) is 3.84. The topological polar surface area (TPSA) is 113 Å². The van der Waals surface area contributed by atoms with Gasteiger partial charge in [0.25, 0.3) is 5.91 Å². The van der Waals surface area contributed by atoms with Crippen molar-refractivity contribution in [3.05, 3.63) is 58.6 Å². The van der Waals surface area contributed by atoms with Crippen molar-refractivity contribution >= 4 is 34.9 Å². The van der Waals surface area contributed by atoms with Crippen LogP contribution in [-0.4, -0.2) is 50.8 Å². The van der Waals surface area contributed by atoms with E-state index in [1.165, 1.54) is 26.4 Å². The molecule has 0 unspecified atom stereocenters. The molecule has 33 heavy (non-hydrogen) atoms. The second kappa shape index (κ2) is 10.6. The lowest BCUT2D eigenvalue weighted by atomic mass is 10.2. The number of aromatic nitrogens is 1. The lowest BCUT2D eigenvalue weighted by molar-refractivity contribution is -0.119. The third-order valence-corrected chi connectivity index (χ3v) is 5.72. The van der Waals surface area contributed by atoms with Crippen molar-refractivity contribution in [2.45, 2.75) is 6.92 Å². The second-order valence-corrected chi connectivity index (χ2v) is 7.70. The zero-order chi connectivity index (χ0) is 24.0. The summed E-state index contributed by atoms with van der Waals surface area (Å²) in [6, 6.07) is 11.5. The number of methoxy groups -OCH3 is 3. The highest BCUT2D eigenvalue weighted by molar-refractivity contribution is 7.17. The summed E-state index contributed by atoms with van der Waals surface area (Å²) in [6.07, 6.45) is 0. The van der Waals surface area contributed by atoms with Gasteiger partial charge in [-0.25, -0.2) is 14.6 Å². The number of rotatable bonds is 8. The zero-order valence-electron chi connectivity index (χ0n) is 18.5. The lowest BCUT2D eigenvalue weighted by Crippen LogP contribution is -2.20. The number of esters is 2. The standard InChI is InChI=1S/C23H22N2O7S/c1-13-20(33-21(24-13)15-7-10-17(29-2)18(11-15)30-3)23(28)32-12-19(26)25-16-8-5-14(6-9-16)22(27)31-4/h5-11H,12H2,1-4H3,(H,25,26). The van der Waals surface area contributed by atoms with Crippen LogP contribution in [-0.2, 0) is 14.3 Å². The van der Waals surface area contributed by atoms with Crippen molar-refractivity contribution in [1.82, 2.24) is 4.98 Å².